The van der Waals surface area contributed by atoms with Crippen molar-refractivity contribution in [1.82, 2.24) is 5.32 Å². The Bertz CT molecular complexity index is 1040. The van der Waals surface area contributed by atoms with E-state index in [0.717, 1.165) is 21.9 Å². The Hall–Kier alpha value is -3.32. The van der Waals surface area contributed by atoms with Gasteiger partial charge in [0, 0.05) is 17.8 Å². The fourth-order valence-corrected chi connectivity index (χ4v) is 3.03. The molecule has 3 aromatic rings. The summed E-state index contributed by atoms with van der Waals surface area (Å²) in [5.74, 6) is -0.257. The Morgan fingerprint density at radius 1 is 1.11 bits per heavy atom. The van der Waals surface area contributed by atoms with E-state index in [2.05, 4.69) is 10.6 Å². The minimum Gasteiger partial charge on any atom is -0.332 e. The number of fused-ring (bicyclic) bond motifs is 1. The van der Waals surface area contributed by atoms with Crippen molar-refractivity contribution in [2.45, 2.75) is 13.3 Å². The Morgan fingerprint density at radius 2 is 1.85 bits per heavy atom. The first-order valence-corrected chi connectivity index (χ1v) is 8.67. The number of nitrogens with one attached hydrogen (secondary N) is 2. The second-order valence-electron chi connectivity index (χ2n) is 6.07. The number of aryl methyl sites for hydroxylation is 1. The van der Waals surface area contributed by atoms with Crippen LogP contribution in [0, 0.1) is 17.0 Å². The molecule has 7 heteroatoms. The average Bonchev–Trinajstić information content (AvgIpc) is 2.63. The Labute approximate surface area is 161 Å². The number of nitro groups is 1. The van der Waals surface area contributed by atoms with E-state index in [1.807, 2.05) is 42.5 Å². The molecule has 0 saturated carbocycles. The first kappa shape index (κ1) is 18.5. The smallest absolute Gasteiger partial charge is 0.271 e. The lowest BCUT2D eigenvalue weighted by Crippen LogP contribution is -2.35. The van der Waals surface area contributed by atoms with Crippen molar-refractivity contribution in [3.8, 4) is 0 Å². The van der Waals surface area contributed by atoms with Crippen LogP contribution in [0.5, 0.6) is 0 Å². The summed E-state index contributed by atoms with van der Waals surface area (Å²) in [6, 6.07) is 18.1. The molecule has 0 bridgehead atoms. The SMILES string of the molecule is Cc1ccc([N+](=O)[O-])cc1NC(=S)NC(=O)Cc1cccc2ccccc12. The van der Waals surface area contributed by atoms with E-state index < -0.39 is 4.92 Å². The molecule has 1 amide bonds. The number of hydrogen-bond acceptors (Lipinski definition) is 4. The van der Waals surface area contributed by atoms with Gasteiger partial charge in [-0.15, -0.1) is 0 Å². The molecule has 0 spiro atoms. The average molecular weight is 379 g/mol. The highest BCUT2D eigenvalue weighted by molar-refractivity contribution is 7.80. The third-order valence-electron chi connectivity index (χ3n) is 4.16. The van der Waals surface area contributed by atoms with Crippen LogP contribution in [0.25, 0.3) is 10.8 Å². The first-order chi connectivity index (χ1) is 12.9. The summed E-state index contributed by atoms with van der Waals surface area (Å²) in [5, 5.41) is 18.6. The second-order valence-corrected chi connectivity index (χ2v) is 6.48. The Morgan fingerprint density at radius 3 is 2.63 bits per heavy atom. The highest BCUT2D eigenvalue weighted by atomic mass is 32.1. The monoisotopic (exact) mass is 379 g/mol. The maximum Gasteiger partial charge on any atom is 0.271 e. The number of carbonyl (C=O) groups is 1. The van der Waals surface area contributed by atoms with Crippen molar-refractivity contribution in [3.63, 3.8) is 0 Å². The predicted octanol–water partition coefficient (Wildman–Crippen LogP) is 4.11. The molecule has 0 atom stereocenters. The van der Waals surface area contributed by atoms with Gasteiger partial charge < -0.3 is 10.6 Å². The number of non-ortho nitro benzene ring substituents is 1. The van der Waals surface area contributed by atoms with E-state index in [-0.39, 0.29) is 23.1 Å². The van der Waals surface area contributed by atoms with Crippen molar-refractivity contribution >= 4 is 45.4 Å². The largest absolute Gasteiger partial charge is 0.332 e. The number of carbonyl (C=O) groups excluding carboxylic acids is 1. The zero-order valence-electron chi connectivity index (χ0n) is 14.6. The van der Waals surface area contributed by atoms with Gasteiger partial charge in [-0.25, -0.2) is 0 Å². The highest BCUT2D eigenvalue weighted by Gasteiger charge is 2.12. The molecule has 0 aliphatic heterocycles. The molecule has 3 aromatic carbocycles. The number of anilines is 1. The summed E-state index contributed by atoms with van der Waals surface area (Å²) >= 11 is 5.18. The van der Waals surface area contributed by atoms with E-state index in [4.69, 9.17) is 12.2 Å². The van der Waals surface area contributed by atoms with Crippen LogP contribution in [-0.4, -0.2) is 15.9 Å². The number of nitro benzene ring substituents is 1. The third kappa shape index (κ3) is 4.45. The molecule has 136 valence electrons. The molecule has 0 aromatic heterocycles. The van der Waals surface area contributed by atoms with Crippen LogP contribution in [0.1, 0.15) is 11.1 Å². The van der Waals surface area contributed by atoms with Gasteiger partial charge in [0.2, 0.25) is 5.91 Å². The molecule has 0 radical (unpaired) electrons. The van der Waals surface area contributed by atoms with Gasteiger partial charge in [-0.1, -0.05) is 48.5 Å². The van der Waals surface area contributed by atoms with Crippen molar-refractivity contribution in [2.24, 2.45) is 0 Å². The molecule has 6 nitrogen and oxygen atoms in total. The second kappa shape index (κ2) is 7.92. The third-order valence-corrected chi connectivity index (χ3v) is 4.37. The van der Waals surface area contributed by atoms with E-state index in [9.17, 15) is 14.9 Å². The van der Waals surface area contributed by atoms with E-state index >= 15 is 0 Å². The summed E-state index contributed by atoms with van der Waals surface area (Å²) in [7, 11) is 0. The molecule has 0 aliphatic carbocycles. The van der Waals surface area contributed by atoms with Gasteiger partial charge in [0.25, 0.3) is 5.69 Å². The standard InChI is InChI=1S/C20H17N3O3S/c1-13-9-10-16(23(25)26)12-18(13)21-20(27)22-19(24)11-15-7-4-6-14-5-2-3-8-17(14)15/h2-10,12H,11H2,1H3,(H2,21,22,24,27). The number of benzene rings is 3. The van der Waals surface area contributed by atoms with E-state index in [1.54, 1.807) is 13.0 Å². The van der Waals surface area contributed by atoms with Crippen LogP contribution >= 0.6 is 12.2 Å². The van der Waals surface area contributed by atoms with E-state index in [0.29, 0.717) is 5.69 Å². The summed E-state index contributed by atoms with van der Waals surface area (Å²) in [4.78, 5) is 22.8. The molecule has 3 rings (SSSR count). The minimum atomic E-state index is -0.479. The van der Waals surface area contributed by atoms with Crippen LogP contribution in [0.15, 0.2) is 60.7 Å². The Kier molecular flexibility index (Phi) is 5.42. The maximum absolute atomic E-state index is 12.4. The molecular formula is C20H17N3O3S. The van der Waals surface area contributed by atoms with Crippen LogP contribution in [0.4, 0.5) is 11.4 Å². The van der Waals surface area contributed by atoms with Gasteiger partial charge in [-0.2, -0.15) is 0 Å². The number of rotatable bonds is 4. The fourth-order valence-electron chi connectivity index (χ4n) is 2.80. The van der Waals surface area contributed by atoms with Gasteiger partial charge in [0.1, 0.15) is 0 Å². The molecule has 0 fully saturated rings. The summed E-state index contributed by atoms with van der Waals surface area (Å²) in [5.41, 5.74) is 2.12. The zero-order valence-corrected chi connectivity index (χ0v) is 15.4. The molecule has 0 unspecified atom stereocenters. The quantitative estimate of drug-likeness (QED) is 0.405. The molecular weight excluding hydrogens is 362 g/mol. The van der Waals surface area contributed by atoms with E-state index in [1.165, 1.54) is 12.1 Å². The van der Waals surface area contributed by atoms with Crippen LogP contribution in [-0.2, 0) is 11.2 Å². The van der Waals surface area contributed by atoms with Crippen LogP contribution in [0.2, 0.25) is 0 Å². The molecule has 0 heterocycles. The molecule has 0 aliphatic rings. The lowest BCUT2D eigenvalue weighted by Gasteiger charge is -2.12. The normalized spacial score (nSPS) is 10.4. The number of hydrogen-bond donors (Lipinski definition) is 2. The highest BCUT2D eigenvalue weighted by Crippen LogP contribution is 2.22. The molecule has 27 heavy (non-hydrogen) atoms. The molecule has 2 N–H and O–H groups in total. The van der Waals surface area contributed by atoms with Gasteiger partial charge in [0.05, 0.1) is 11.3 Å². The first-order valence-electron chi connectivity index (χ1n) is 8.26. The van der Waals surface area contributed by atoms with Crippen molar-refractivity contribution < 1.29 is 9.72 Å². The number of amides is 1. The van der Waals surface area contributed by atoms with Crippen LogP contribution < -0.4 is 10.6 Å². The van der Waals surface area contributed by atoms with Crippen LogP contribution in [0.3, 0.4) is 0 Å². The van der Waals surface area contributed by atoms with Gasteiger partial charge in [0.15, 0.2) is 5.11 Å². The van der Waals surface area contributed by atoms with Crippen molar-refractivity contribution in [1.29, 1.82) is 0 Å². The predicted molar refractivity (Wildman–Crippen MR) is 110 cm³/mol. The number of thiocarbonyl (C=S) groups is 1. The van der Waals surface area contributed by atoms with Crippen molar-refractivity contribution in [3.05, 3.63) is 81.9 Å². The summed E-state index contributed by atoms with van der Waals surface area (Å²) < 4.78 is 0. The fraction of sp³-hybridized carbons (Fsp3) is 0.100. The lowest BCUT2D eigenvalue weighted by atomic mass is 10.0. The summed E-state index contributed by atoms with van der Waals surface area (Å²) in [6.07, 6.45) is 0.178. The maximum atomic E-state index is 12.4. The van der Waals surface area contributed by atoms with Gasteiger partial charge >= 0.3 is 0 Å². The van der Waals surface area contributed by atoms with Gasteiger partial charge in [-0.05, 0) is 41.0 Å². The zero-order chi connectivity index (χ0) is 19.4. The van der Waals surface area contributed by atoms with Gasteiger partial charge in [-0.3, -0.25) is 14.9 Å². The molecule has 0 saturated heterocycles. The lowest BCUT2D eigenvalue weighted by molar-refractivity contribution is -0.384. The summed E-state index contributed by atoms with van der Waals surface area (Å²) in [6.45, 7) is 1.80. The topological polar surface area (TPSA) is 84.3 Å². The number of nitrogens with zero attached hydrogens (tertiary/aromatic N) is 1. The van der Waals surface area contributed by atoms with Crippen molar-refractivity contribution in [2.75, 3.05) is 5.32 Å². The Balaban J connectivity index is 1.68. The minimum absolute atomic E-state index is 0.0482.